The van der Waals surface area contributed by atoms with Gasteiger partial charge in [0, 0.05) is 0 Å². The fraction of sp³-hybridized carbons (Fsp3) is 0. The number of hydrogen-bond donors (Lipinski definition) is 0. The SMILES string of the molecule is O=C(O[BH2-]OC(=O)c1ccccc1)c1ccccc1.[Na+]. The Labute approximate surface area is 139 Å². The van der Waals surface area contributed by atoms with E-state index in [1.807, 2.05) is 12.1 Å². The van der Waals surface area contributed by atoms with Gasteiger partial charge in [-0.3, -0.25) is 9.59 Å². The molecular formula is C14H12BNaO4. The first kappa shape index (κ1) is 16.5. The summed E-state index contributed by atoms with van der Waals surface area (Å²) in [6, 6.07) is 17.2. The van der Waals surface area contributed by atoms with Gasteiger partial charge in [-0.05, 0) is 24.3 Å². The molecule has 0 radical (unpaired) electrons. The first-order chi connectivity index (χ1) is 9.27. The van der Waals surface area contributed by atoms with Crippen molar-refractivity contribution in [2.45, 2.75) is 0 Å². The molecule has 0 spiro atoms. The number of carbonyl (C=O) groups is 2. The topological polar surface area (TPSA) is 52.6 Å². The van der Waals surface area contributed by atoms with E-state index in [1.54, 1.807) is 48.5 Å². The van der Waals surface area contributed by atoms with Crippen molar-refractivity contribution in [1.82, 2.24) is 0 Å². The Morgan fingerprint density at radius 3 is 1.40 bits per heavy atom. The van der Waals surface area contributed by atoms with Crippen LogP contribution in [0.4, 0.5) is 0 Å². The summed E-state index contributed by atoms with van der Waals surface area (Å²) in [5.74, 6) is -0.942. The van der Waals surface area contributed by atoms with Crippen molar-refractivity contribution in [2.24, 2.45) is 0 Å². The molecule has 0 bridgehead atoms. The molecule has 20 heavy (non-hydrogen) atoms. The van der Waals surface area contributed by atoms with Crippen LogP contribution >= 0.6 is 0 Å². The Morgan fingerprint density at radius 2 is 1.05 bits per heavy atom. The van der Waals surface area contributed by atoms with Gasteiger partial charge in [-0.2, -0.15) is 0 Å². The quantitative estimate of drug-likeness (QED) is 0.653. The van der Waals surface area contributed by atoms with Crippen LogP contribution in [0.1, 0.15) is 20.7 Å². The summed E-state index contributed by atoms with van der Waals surface area (Å²) >= 11 is 0. The number of rotatable bonds is 4. The zero-order valence-corrected chi connectivity index (χ0v) is 13.4. The fourth-order valence-electron chi connectivity index (χ4n) is 1.58. The third-order valence-corrected chi connectivity index (χ3v) is 2.56. The number of benzene rings is 2. The van der Waals surface area contributed by atoms with Gasteiger partial charge in [-0.1, -0.05) is 36.4 Å². The van der Waals surface area contributed by atoms with E-state index in [4.69, 9.17) is 9.31 Å². The van der Waals surface area contributed by atoms with Crippen LogP contribution in [0.3, 0.4) is 0 Å². The third-order valence-electron chi connectivity index (χ3n) is 2.56. The van der Waals surface area contributed by atoms with Gasteiger partial charge in [0.05, 0.1) is 11.1 Å². The molecular weight excluding hydrogens is 266 g/mol. The van der Waals surface area contributed by atoms with Crippen LogP contribution in [-0.4, -0.2) is 19.6 Å². The minimum absolute atomic E-state index is 0. The van der Waals surface area contributed by atoms with Crippen LogP contribution in [0.5, 0.6) is 0 Å². The van der Waals surface area contributed by atoms with E-state index in [-0.39, 0.29) is 29.6 Å². The van der Waals surface area contributed by atoms with Crippen LogP contribution in [0, 0.1) is 0 Å². The maximum Gasteiger partial charge on any atom is 1.00 e. The summed E-state index contributed by atoms with van der Waals surface area (Å²) in [7, 11) is -1.54. The number of carbonyl (C=O) groups excluding carboxylic acids is 2. The van der Waals surface area contributed by atoms with Gasteiger partial charge in [-0.25, -0.2) is 0 Å². The maximum atomic E-state index is 11.6. The van der Waals surface area contributed by atoms with Crippen LogP contribution in [-0.2, 0) is 9.31 Å². The molecule has 96 valence electrons. The Balaban J connectivity index is 0.00000200. The van der Waals surface area contributed by atoms with Crippen molar-refractivity contribution < 1.29 is 48.5 Å². The van der Waals surface area contributed by atoms with Crippen LogP contribution in [0.15, 0.2) is 60.7 Å². The summed E-state index contributed by atoms with van der Waals surface area (Å²) in [5, 5.41) is 0. The molecule has 6 heteroatoms. The maximum absolute atomic E-state index is 11.6. The van der Waals surface area contributed by atoms with E-state index in [9.17, 15) is 9.59 Å². The summed E-state index contributed by atoms with van der Waals surface area (Å²) in [5.41, 5.74) is 0.893. The van der Waals surface area contributed by atoms with Crippen LogP contribution in [0.25, 0.3) is 0 Å². The van der Waals surface area contributed by atoms with Gasteiger partial charge in [0.2, 0.25) is 0 Å². The van der Waals surface area contributed by atoms with Crippen molar-refractivity contribution in [3.63, 3.8) is 0 Å². The van der Waals surface area contributed by atoms with E-state index in [1.165, 1.54) is 0 Å². The number of hydrogen-bond acceptors (Lipinski definition) is 4. The van der Waals surface area contributed by atoms with Crippen molar-refractivity contribution >= 4 is 19.6 Å². The molecule has 0 amide bonds. The molecule has 2 rings (SSSR count). The Kier molecular flexibility index (Phi) is 7.08. The van der Waals surface area contributed by atoms with Gasteiger partial charge >= 0.3 is 37.2 Å². The first-order valence-corrected chi connectivity index (χ1v) is 5.95. The molecule has 2 aromatic carbocycles. The predicted octanol–water partition coefficient (Wildman–Crippen LogP) is -1.30. The standard InChI is InChI=1S/C14H12BO4.Na/c16-13(11-7-3-1-4-8-11)18-15-19-14(17)12-9-5-2-6-10-12;/h1-10H,15H2;/q-1;+1. The van der Waals surface area contributed by atoms with Gasteiger partial charge in [0.15, 0.2) is 0 Å². The zero-order valence-electron chi connectivity index (χ0n) is 11.4. The molecule has 0 fully saturated rings. The van der Waals surface area contributed by atoms with Gasteiger partial charge in [-0.15, -0.1) is 0 Å². The average molecular weight is 278 g/mol. The van der Waals surface area contributed by atoms with Crippen molar-refractivity contribution in [1.29, 1.82) is 0 Å². The van der Waals surface area contributed by atoms with Crippen LogP contribution in [0.2, 0.25) is 0 Å². The van der Waals surface area contributed by atoms with E-state index in [2.05, 4.69) is 0 Å². The molecule has 0 N–H and O–H groups in total. The van der Waals surface area contributed by atoms with E-state index >= 15 is 0 Å². The van der Waals surface area contributed by atoms with E-state index < -0.39 is 19.6 Å². The normalized spacial score (nSPS) is 9.20. The van der Waals surface area contributed by atoms with E-state index in [0.29, 0.717) is 11.1 Å². The largest absolute Gasteiger partial charge is 1.00 e. The molecule has 4 nitrogen and oxygen atoms in total. The molecule has 2 aromatic rings. The van der Waals surface area contributed by atoms with Gasteiger partial charge in [0.25, 0.3) is 11.9 Å². The second-order valence-corrected chi connectivity index (χ2v) is 3.88. The predicted molar refractivity (Wildman–Crippen MR) is 72.3 cm³/mol. The Hall–Kier alpha value is -1.56. The molecule has 0 saturated carbocycles. The van der Waals surface area contributed by atoms with Crippen molar-refractivity contribution in [2.75, 3.05) is 0 Å². The molecule has 0 atom stereocenters. The van der Waals surface area contributed by atoms with Crippen LogP contribution < -0.4 is 29.6 Å². The van der Waals surface area contributed by atoms with Crippen molar-refractivity contribution in [3.8, 4) is 0 Å². The molecule has 0 unspecified atom stereocenters. The molecule has 0 aliphatic rings. The monoisotopic (exact) mass is 278 g/mol. The summed E-state index contributed by atoms with van der Waals surface area (Å²) in [4.78, 5) is 23.2. The second kappa shape index (κ2) is 8.58. The Bertz CT molecular complexity index is 508. The minimum atomic E-state index is -1.54. The van der Waals surface area contributed by atoms with Crippen molar-refractivity contribution in [3.05, 3.63) is 71.8 Å². The molecule has 0 aromatic heterocycles. The smallest absolute Gasteiger partial charge is 0.657 e. The first-order valence-electron chi connectivity index (χ1n) is 5.95. The minimum Gasteiger partial charge on any atom is -0.657 e. The summed E-state index contributed by atoms with van der Waals surface area (Å²) < 4.78 is 9.93. The fourth-order valence-corrected chi connectivity index (χ4v) is 1.58. The second-order valence-electron chi connectivity index (χ2n) is 3.88. The zero-order chi connectivity index (χ0) is 13.5. The Morgan fingerprint density at radius 1 is 0.700 bits per heavy atom. The molecule has 0 heterocycles. The van der Waals surface area contributed by atoms with Gasteiger partial charge < -0.3 is 9.31 Å². The summed E-state index contributed by atoms with van der Waals surface area (Å²) in [6.45, 7) is 0. The molecule has 0 aliphatic heterocycles. The van der Waals surface area contributed by atoms with E-state index in [0.717, 1.165) is 0 Å². The van der Waals surface area contributed by atoms with Gasteiger partial charge in [0.1, 0.15) is 0 Å². The average Bonchev–Trinajstić information content (AvgIpc) is 2.49. The molecule has 0 aliphatic carbocycles. The third kappa shape index (κ3) is 4.85. The molecule has 0 saturated heterocycles. The summed E-state index contributed by atoms with van der Waals surface area (Å²) in [6.07, 6.45) is 0.